The predicted octanol–water partition coefficient (Wildman–Crippen LogP) is -3.90. The minimum absolute atomic E-state index is 0. The van der Waals surface area contributed by atoms with Crippen LogP contribution in [0.15, 0.2) is 0 Å². The third-order valence-corrected chi connectivity index (χ3v) is 0.167. The van der Waals surface area contributed by atoms with Crippen molar-refractivity contribution in [2.45, 2.75) is 0 Å². The summed E-state index contributed by atoms with van der Waals surface area (Å²) in [7, 11) is 0. The molecule has 0 rings (SSSR count). The van der Waals surface area contributed by atoms with Crippen LogP contribution in [-0.2, 0) is 42.3 Å². The van der Waals surface area contributed by atoms with E-state index in [-0.39, 0.29) is 81.6 Å². The van der Waals surface area contributed by atoms with E-state index in [1.807, 2.05) is 0 Å². The zero-order chi connectivity index (χ0) is 5.15. The summed E-state index contributed by atoms with van der Waals surface area (Å²) in [5, 5.41) is 17.9. The van der Waals surface area contributed by atoms with E-state index in [2.05, 4.69) is 0 Å². The molecular formula is C2BaO4Y+3. The summed E-state index contributed by atoms with van der Waals surface area (Å²) in [6.07, 6.45) is 0. The van der Waals surface area contributed by atoms with Crippen molar-refractivity contribution in [3.8, 4) is 0 Å². The number of carbonyl (C=O) groups is 2. The summed E-state index contributed by atoms with van der Waals surface area (Å²) < 4.78 is 0. The second-order valence-corrected chi connectivity index (χ2v) is 0.575. The molecule has 0 aliphatic carbocycles. The van der Waals surface area contributed by atoms with E-state index in [9.17, 15) is 0 Å². The Morgan fingerprint density at radius 3 is 1.12 bits per heavy atom. The van der Waals surface area contributed by atoms with E-state index in [0.29, 0.717) is 0 Å². The second kappa shape index (κ2) is 8.62. The minimum Gasteiger partial charge on any atom is -0.543 e. The number of rotatable bonds is 0. The number of carbonyl (C=O) groups excluding carboxylic acids is 2. The van der Waals surface area contributed by atoms with Gasteiger partial charge in [0.15, 0.2) is 0 Å². The van der Waals surface area contributed by atoms with Crippen LogP contribution in [0.4, 0.5) is 0 Å². The maximum Gasteiger partial charge on any atom is 3.00 e. The van der Waals surface area contributed by atoms with Gasteiger partial charge in [-0.15, -0.1) is 0 Å². The van der Waals surface area contributed by atoms with Gasteiger partial charge in [0.25, 0.3) is 0 Å². The van der Waals surface area contributed by atoms with E-state index in [0.717, 1.165) is 0 Å². The first-order valence-electron chi connectivity index (χ1n) is 1.07. The Bertz CT molecular complexity index is 80.0. The van der Waals surface area contributed by atoms with Gasteiger partial charge in [-0.1, -0.05) is 0 Å². The van der Waals surface area contributed by atoms with Gasteiger partial charge in [0.2, 0.25) is 0 Å². The normalized spacial score (nSPS) is 5.50. The van der Waals surface area contributed by atoms with Crippen molar-refractivity contribution < 1.29 is 52.5 Å². The summed E-state index contributed by atoms with van der Waals surface area (Å²) in [6, 6.07) is 0. The van der Waals surface area contributed by atoms with Gasteiger partial charge in [0, 0.05) is 0 Å². The largest absolute Gasteiger partial charge is 3.00 e. The first kappa shape index (κ1) is 16.3. The fourth-order valence-electron chi connectivity index (χ4n) is 0. The zero-order valence-electron chi connectivity index (χ0n) is 3.92. The molecule has 0 fully saturated rings. The number of carboxylic acid groups (broad SMARTS) is 2. The van der Waals surface area contributed by atoms with Crippen molar-refractivity contribution in [1.29, 1.82) is 0 Å². The molecule has 6 heteroatoms. The predicted molar refractivity (Wildman–Crippen MR) is 15.8 cm³/mol. The molecule has 0 bridgehead atoms. The Morgan fingerprint density at radius 2 is 1.12 bits per heavy atom. The molecule has 0 radical (unpaired) electrons. The Kier molecular flexibility index (Phi) is 17.6. The van der Waals surface area contributed by atoms with Crippen LogP contribution in [-0.4, -0.2) is 60.8 Å². The van der Waals surface area contributed by atoms with Crippen LogP contribution in [0.5, 0.6) is 0 Å². The molecule has 0 aliphatic rings. The van der Waals surface area contributed by atoms with E-state index in [1.165, 1.54) is 0 Å². The van der Waals surface area contributed by atoms with Gasteiger partial charge in [0.05, 0.1) is 11.9 Å². The molecule has 0 aromatic rings. The summed E-state index contributed by atoms with van der Waals surface area (Å²) in [6.45, 7) is 0. The zero-order valence-corrected chi connectivity index (χ0v) is 11.2. The van der Waals surface area contributed by atoms with Crippen LogP contribution in [0, 0.1) is 0 Å². The average Bonchev–Trinajstić information content (AvgIpc) is 1.36. The van der Waals surface area contributed by atoms with Crippen molar-refractivity contribution in [2.75, 3.05) is 0 Å². The quantitative estimate of drug-likeness (QED) is 0.338. The van der Waals surface area contributed by atoms with Gasteiger partial charge in [0.1, 0.15) is 0 Å². The second-order valence-electron chi connectivity index (χ2n) is 0.575. The van der Waals surface area contributed by atoms with Crippen molar-refractivity contribution in [1.82, 2.24) is 0 Å². The van der Waals surface area contributed by atoms with Crippen LogP contribution in [0.3, 0.4) is 0 Å². The Balaban J connectivity index is -0.000000125. The molecule has 4 nitrogen and oxygen atoms in total. The monoisotopic (exact) mass is 315 g/mol. The van der Waals surface area contributed by atoms with Gasteiger partial charge >= 0.3 is 81.6 Å². The topological polar surface area (TPSA) is 80.3 Å². The SMILES string of the molecule is O=C([O-])C(=O)[O-].[Ba+2].[Y+3]. The number of hydrogen-bond acceptors (Lipinski definition) is 4. The third kappa shape index (κ3) is 10.6. The molecule has 0 spiro atoms. The molecule has 0 aromatic heterocycles. The van der Waals surface area contributed by atoms with Crippen LogP contribution >= 0.6 is 0 Å². The molecule has 0 atom stereocenters. The molecule has 0 unspecified atom stereocenters. The molecule has 34 valence electrons. The number of carboxylic acids is 2. The molecule has 0 heterocycles. The van der Waals surface area contributed by atoms with E-state index in [4.69, 9.17) is 19.8 Å². The molecule has 0 N–H and O–H groups in total. The van der Waals surface area contributed by atoms with Gasteiger partial charge in [-0.2, -0.15) is 0 Å². The Labute approximate surface area is 111 Å². The molecule has 0 aromatic carbocycles. The van der Waals surface area contributed by atoms with E-state index >= 15 is 0 Å². The number of hydrogen-bond donors (Lipinski definition) is 0. The Hall–Kier alpha value is 1.62. The fraction of sp³-hybridized carbons (Fsp3) is 0. The van der Waals surface area contributed by atoms with Gasteiger partial charge < -0.3 is 19.8 Å². The fourth-order valence-corrected chi connectivity index (χ4v) is 0. The van der Waals surface area contributed by atoms with Crippen molar-refractivity contribution >= 4 is 60.8 Å². The first-order valence-corrected chi connectivity index (χ1v) is 1.07. The van der Waals surface area contributed by atoms with Gasteiger partial charge in [-0.3, -0.25) is 0 Å². The standard InChI is InChI=1S/C2H2O4.Ba.Y/c3-1(4)2(5)6;;/h(H,3,4)(H,5,6);;/q;+2;+3/p-2. The molecule has 0 aliphatic heterocycles. The maximum atomic E-state index is 8.93. The third-order valence-electron chi connectivity index (χ3n) is 0.167. The summed E-state index contributed by atoms with van der Waals surface area (Å²) >= 11 is 0. The summed E-state index contributed by atoms with van der Waals surface area (Å²) in [5.74, 6) is -4.37. The smallest absolute Gasteiger partial charge is 0.543 e. The molecule has 0 saturated heterocycles. The van der Waals surface area contributed by atoms with Crippen molar-refractivity contribution in [3.63, 3.8) is 0 Å². The molecule has 8 heavy (non-hydrogen) atoms. The molecule has 0 amide bonds. The van der Waals surface area contributed by atoms with Crippen LogP contribution in [0.25, 0.3) is 0 Å². The van der Waals surface area contributed by atoms with Crippen molar-refractivity contribution in [2.24, 2.45) is 0 Å². The Morgan fingerprint density at radius 1 is 1.00 bits per heavy atom. The molecule has 0 saturated carbocycles. The summed E-state index contributed by atoms with van der Waals surface area (Å²) in [4.78, 5) is 17.9. The minimum atomic E-state index is -2.19. The molecular weight excluding hydrogens is 314 g/mol. The van der Waals surface area contributed by atoms with E-state index in [1.54, 1.807) is 0 Å². The average molecular weight is 314 g/mol. The van der Waals surface area contributed by atoms with Crippen LogP contribution in [0.1, 0.15) is 0 Å². The number of aliphatic carboxylic acids is 2. The maximum absolute atomic E-state index is 8.93. The van der Waals surface area contributed by atoms with Gasteiger partial charge in [-0.05, 0) is 0 Å². The van der Waals surface area contributed by atoms with Crippen molar-refractivity contribution in [3.05, 3.63) is 0 Å². The summed E-state index contributed by atoms with van der Waals surface area (Å²) in [5.41, 5.74) is 0. The van der Waals surface area contributed by atoms with Gasteiger partial charge in [-0.25, -0.2) is 0 Å². The van der Waals surface area contributed by atoms with Crippen LogP contribution in [0.2, 0.25) is 0 Å². The van der Waals surface area contributed by atoms with E-state index < -0.39 is 11.9 Å². The first-order chi connectivity index (χ1) is 2.64. The van der Waals surface area contributed by atoms with Crippen LogP contribution < -0.4 is 10.2 Å².